The lowest BCUT2D eigenvalue weighted by Gasteiger charge is -2.05. The largest absolute Gasteiger partial charge is 0.441 e. The Morgan fingerprint density at radius 1 is 1.03 bits per heavy atom. The highest BCUT2D eigenvalue weighted by Gasteiger charge is 2.13. The van der Waals surface area contributed by atoms with Crippen LogP contribution in [0.15, 0.2) is 71.3 Å². The zero-order valence-corrected chi connectivity index (χ0v) is 18.2. The average Bonchev–Trinajstić information content (AvgIpc) is 3.47. The molecule has 0 atom stereocenters. The van der Waals surface area contributed by atoms with Gasteiger partial charge in [0.1, 0.15) is 5.82 Å². The quantitative estimate of drug-likeness (QED) is 0.377. The zero-order valence-electron chi connectivity index (χ0n) is 16.6. The molecule has 0 aliphatic carbocycles. The summed E-state index contributed by atoms with van der Waals surface area (Å²) in [5, 5.41) is 0.548. The fraction of sp³-hybridized carbons (Fsp3) is 0.0870. The van der Waals surface area contributed by atoms with E-state index in [1.165, 1.54) is 23.5 Å². The minimum absolute atomic E-state index is 0.0774. The number of nitrogens with one attached hydrogen (secondary N) is 2. The summed E-state index contributed by atoms with van der Waals surface area (Å²) in [5.41, 5.74) is 6.30. The maximum absolute atomic E-state index is 13.1. The molecule has 0 aliphatic rings. The number of rotatable bonds is 6. The van der Waals surface area contributed by atoms with Crippen LogP contribution in [-0.2, 0) is 11.2 Å². The summed E-state index contributed by atoms with van der Waals surface area (Å²) in [6.45, 7) is 0. The van der Waals surface area contributed by atoms with Crippen molar-refractivity contribution in [2.24, 2.45) is 0 Å². The van der Waals surface area contributed by atoms with Crippen LogP contribution < -0.4 is 10.9 Å². The van der Waals surface area contributed by atoms with E-state index in [1.807, 2.05) is 18.2 Å². The molecule has 4 rings (SSSR count). The molecular formula is C23H17ClFN3O3S. The van der Waals surface area contributed by atoms with Gasteiger partial charge in [0.05, 0.1) is 16.1 Å². The Labute approximate surface area is 192 Å². The van der Waals surface area contributed by atoms with E-state index < -0.39 is 5.91 Å². The smallest absolute Gasteiger partial charge is 0.279 e. The van der Waals surface area contributed by atoms with E-state index >= 15 is 0 Å². The summed E-state index contributed by atoms with van der Waals surface area (Å²) in [6.07, 6.45) is 1.90. The number of carbonyl (C=O) groups is 2. The maximum Gasteiger partial charge on any atom is 0.279 e. The van der Waals surface area contributed by atoms with E-state index in [1.54, 1.807) is 36.5 Å². The minimum atomic E-state index is -0.436. The van der Waals surface area contributed by atoms with Crippen LogP contribution in [0.2, 0.25) is 5.02 Å². The number of halogens is 2. The molecule has 2 amide bonds. The van der Waals surface area contributed by atoms with Gasteiger partial charge in [-0.15, -0.1) is 11.3 Å². The second kappa shape index (κ2) is 9.76. The predicted octanol–water partition coefficient (Wildman–Crippen LogP) is 5.26. The lowest BCUT2D eigenvalue weighted by molar-refractivity contribution is -0.121. The zero-order chi connectivity index (χ0) is 22.5. The molecular weight excluding hydrogens is 453 g/mol. The Morgan fingerprint density at radius 3 is 2.59 bits per heavy atom. The first-order valence-electron chi connectivity index (χ1n) is 9.64. The van der Waals surface area contributed by atoms with E-state index in [-0.39, 0.29) is 24.6 Å². The lowest BCUT2D eigenvalue weighted by atomic mass is 10.2. The Morgan fingerprint density at radius 2 is 1.81 bits per heavy atom. The molecule has 0 fully saturated rings. The number of carbonyl (C=O) groups excluding carboxylic acids is 2. The van der Waals surface area contributed by atoms with Crippen molar-refractivity contribution in [3.05, 3.63) is 88.5 Å². The van der Waals surface area contributed by atoms with E-state index in [0.29, 0.717) is 21.6 Å². The van der Waals surface area contributed by atoms with Crippen LogP contribution >= 0.6 is 22.9 Å². The van der Waals surface area contributed by atoms with Gasteiger partial charge in [-0.2, -0.15) is 0 Å². The topological polar surface area (TPSA) is 84.2 Å². The number of amides is 2. The van der Waals surface area contributed by atoms with Crippen molar-refractivity contribution in [1.29, 1.82) is 0 Å². The second-order valence-electron chi connectivity index (χ2n) is 6.77. The fourth-order valence-corrected chi connectivity index (χ4v) is 4.05. The standard InChI is InChI=1S/C23H17ClFN3O3S/c24-17-4-2-1-3-16(17)18-13-26-22(31-18)12-11-21(29)27-28-23(30)20-10-9-19(32-20)14-5-7-15(25)8-6-14/h1-10,13H,11-12H2,(H,27,29)(H,28,30). The van der Waals surface area contributed by atoms with Crippen LogP contribution in [0.25, 0.3) is 21.8 Å². The SMILES string of the molecule is O=C(CCc1ncc(-c2ccccc2Cl)o1)NNC(=O)c1ccc(-c2ccc(F)cc2)s1. The molecule has 6 nitrogen and oxygen atoms in total. The van der Waals surface area contributed by atoms with E-state index in [0.717, 1.165) is 16.0 Å². The van der Waals surface area contributed by atoms with Crippen LogP contribution in [0.4, 0.5) is 4.39 Å². The van der Waals surface area contributed by atoms with Crippen LogP contribution in [0.5, 0.6) is 0 Å². The van der Waals surface area contributed by atoms with Gasteiger partial charge in [-0.1, -0.05) is 35.9 Å². The first-order valence-corrected chi connectivity index (χ1v) is 10.8. The number of oxazole rings is 1. The molecule has 0 unspecified atom stereocenters. The molecule has 2 aromatic heterocycles. The van der Waals surface area contributed by atoms with Gasteiger partial charge in [-0.25, -0.2) is 9.37 Å². The van der Waals surface area contributed by atoms with E-state index in [4.69, 9.17) is 16.0 Å². The highest BCUT2D eigenvalue weighted by Crippen LogP contribution is 2.29. The highest BCUT2D eigenvalue weighted by atomic mass is 35.5. The van der Waals surface area contributed by atoms with Gasteiger partial charge in [0.25, 0.3) is 5.91 Å². The molecule has 9 heteroatoms. The molecule has 0 radical (unpaired) electrons. The Hall–Kier alpha value is -3.49. The second-order valence-corrected chi connectivity index (χ2v) is 8.26. The third-order valence-corrected chi connectivity index (χ3v) is 6.00. The number of benzene rings is 2. The molecule has 2 N–H and O–H groups in total. The summed E-state index contributed by atoms with van der Waals surface area (Å²) in [4.78, 5) is 29.8. The molecule has 0 saturated heterocycles. The van der Waals surface area contributed by atoms with E-state index in [9.17, 15) is 14.0 Å². The summed E-state index contributed by atoms with van der Waals surface area (Å²) >= 11 is 7.40. The maximum atomic E-state index is 13.1. The van der Waals surface area contributed by atoms with Crippen molar-refractivity contribution in [3.63, 3.8) is 0 Å². The van der Waals surface area contributed by atoms with Crippen molar-refractivity contribution in [2.45, 2.75) is 12.8 Å². The fourth-order valence-electron chi connectivity index (χ4n) is 2.91. The molecule has 0 aliphatic heterocycles. The lowest BCUT2D eigenvalue weighted by Crippen LogP contribution is -2.41. The minimum Gasteiger partial charge on any atom is -0.441 e. The van der Waals surface area contributed by atoms with Crippen LogP contribution in [0.3, 0.4) is 0 Å². The van der Waals surface area contributed by atoms with Gasteiger partial charge in [-0.05, 0) is 42.0 Å². The molecule has 0 saturated carbocycles. The third-order valence-electron chi connectivity index (χ3n) is 4.53. The highest BCUT2D eigenvalue weighted by molar-refractivity contribution is 7.17. The molecule has 2 aromatic carbocycles. The molecule has 162 valence electrons. The Kier molecular flexibility index (Phi) is 6.63. The Balaban J connectivity index is 1.27. The third kappa shape index (κ3) is 5.22. The number of thiophene rings is 1. The number of hydrogen-bond donors (Lipinski definition) is 2. The number of aryl methyl sites for hydroxylation is 1. The number of hydrazine groups is 1. The summed E-state index contributed by atoms with van der Waals surface area (Å²) in [7, 11) is 0. The van der Waals surface area contributed by atoms with Crippen molar-refractivity contribution < 1.29 is 18.4 Å². The molecule has 4 aromatic rings. The molecule has 0 spiro atoms. The normalized spacial score (nSPS) is 10.7. The molecule has 2 heterocycles. The first-order chi connectivity index (χ1) is 15.5. The van der Waals surface area contributed by atoms with Gasteiger partial charge in [0.15, 0.2) is 11.7 Å². The summed E-state index contributed by atoms with van der Waals surface area (Å²) < 4.78 is 18.7. The number of hydrogen-bond acceptors (Lipinski definition) is 5. The van der Waals surface area contributed by atoms with Crippen molar-refractivity contribution in [1.82, 2.24) is 15.8 Å². The van der Waals surface area contributed by atoms with Crippen LogP contribution in [0, 0.1) is 5.82 Å². The Bertz CT molecular complexity index is 1250. The van der Waals surface area contributed by atoms with Crippen molar-refractivity contribution in [3.8, 4) is 21.8 Å². The predicted molar refractivity (Wildman–Crippen MR) is 121 cm³/mol. The summed E-state index contributed by atoms with van der Waals surface area (Å²) in [5.74, 6) is -0.228. The van der Waals surface area contributed by atoms with Gasteiger partial charge in [-0.3, -0.25) is 20.4 Å². The van der Waals surface area contributed by atoms with Crippen molar-refractivity contribution in [2.75, 3.05) is 0 Å². The van der Waals surface area contributed by atoms with Crippen LogP contribution in [-0.4, -0.2) is 16.8 Å². The van der Waals surface area contributed by atoms with Gasteiger partial charge < -0.3 is 4.42 Å². The first kappa shape index (κ1) is 21.7. The van der Waals surface area contributed by atoms with Crippen LogP contribution in [0.1, 0.15) is 22.0 Å². The van der Waals surface area contributed by atoms with Crippen molar-refractivity contribution >= 4 is 34.8 Å². The number of nitrogens with zero attached hydrogens (tertiary/aromatic N) is 1. The van der Waals surface area contributed by atoms with Gasteiger partial charge in [0, 0.05) is 23.3 Å². The van der Waals surface area contributed by atoms with E-state index in [2.05, 4.69) is 15.8 Å². The monoisotopic (exact) mass is 469 g/mol. The average molecular weight is 470 g/mol. The number of aromatic nitrogens is 1. The molecule has 32 heavy (non-hydrogen) atoms. The summed E-state index contributed by atoms with van der Waals surface area (Å²) in [6, 6.07) is 16.7. The van der Waals surface area contributed by atoms with Gasteiger partial charge in [0.2, 0.25) is 5.91 Å². The molecule has 0 bridgehead atoms. The van der Waals surface area contributed by atoms with Gasteiger partial charge >= 0.3 is 0 Å².